The molecule has 0 radical (unpaired) electrons. The second-order valence-corrected chi connectivity index (χ2v) is 37.3. The van der Waals surface area contributed by atoms with Crippen molar-refractivity contribution in [3.05, 3.63) is 76.9 Å². The molecule has 1 aliphatic rings. The Morgan fingerprint density at radius 1 is 0.653 bits per heavy atom. The van der Waals surface area contributed by atoms with Crippen molar-refractivity contribution < 1.29 is 14.3 Å². The van der Waals surface area contributed by atoms with Crippen LogP contribution >= 0.6 is 0 Å². The summed E-state index contributed by atoms with van der Waals surface area (Å²) in [6.07, 6.45) is 0. The monoisotopic (exact) mass is 718 g/mol. The second kappa shape index (κ2) is 14.7. The Morgan fingerprint density at radius 3 is 1.71 bits per heavy atom. The molecule has 1 aliphatic carbocycles. The number of carbonyl (C=O) groups excluding carboxylic acids is 2. The number of fused-ring (bicyclic) bond motifs is 3. The third-order valence-corrected chi connectivity index (χ3v) is 13.3. The van der Waals surface area contributed by atoms with Crippen LogP contribution in [-0.2, 0) is 0 Å². The van der Waals surface area contributed by atoms with Gasteiger partial charge in [0.05, 0.1) is 16.1 Å². The van der Waals surface area contributed by atoms with Crippen molar-refractivity contribution in [1.29, 1.82) is 0 Å². The minimum absolute atomic E-state index is 0.162. The first-order valence-corrected chi connectivity index (χ1v) is 31.0. The summed E-state index contributed by atoms with van der Waals surface area (Å²) in [5.74, 6) is 12.5. The Bertz CT molecular complexity index is 1950. The van der Waals surface area contributed by atoms with Crippen LogP contribution in [0.1, 0.15) is 52.6 Å². The van der Waals surface area contributed by atoms with E-state index >= 15 is 0 Å². The Kier molecular flexibility index (Phi) is 11.9. The molecule has 0 fully saturated rings. The van der Waals surface area contributed by atoms with Crippen LogP contribution in [0.3, 0.4) is 0 Å². The van der Waals surface area contributed by atoms with Gasteiger partial charge in [-0.05, 0) is 78.2 Å². The predicted octanol–water partition coefficient (Wildman–Crippen LogP) is 9.15. The zero-order valence-electron chi connectivity index (χ0n) is 32.4. The van der Waals surface area contributed by atoms with Crippen LogP contribution in [-0.4, -0.2) is 49.5 Å². The summed E-state index contributed by atoms with van der Waals surface area (Å²) >= 11 is 0. The van der Waals surface area contributed by atoms with Gasteiger partial charge in [0.25, 0.3) is 0 Å². The fourth-order valence-electron chi connectivity index (χ4n) is 5.48. The highest BCUT2D eigenvalue weighted by Crippen LogP contribution is 2.39. The molecule has 0 atom stereocenters. The summed E-state index contributed by atoms with van der Waals surface area (Å²) in [5, 5.41) is 2.66. The Hall–Kier alpha value is -3.65. The first-order chi connectivity index (χ1) is 22.3. The molecule has 0 amide bonds. The molecule has 3 aromatic rings. The number of Topliss-reactive ketones (excluding diaryl/α,β-unsaturated/α-hetero) is 1. The molecule has 0 aromatic heterocycles. The van der Waals surface area contributed by atoms with Gasteiger partial charge in [0.2, 0.25) is 5.78 Å². The summed E-state index contributed by atoms with van der Waals surface area (Å²) in [4.78, 5) is 25.7. The molecule has 7 heteroatoms. The van der Waals surface area contributed by atoms with Gasteiger partial charge in [-0.15, -0.1) is 11.1 Å². The van der Waals surface area contributed by atoms with E-state index in [9.17, 15) is 9.59 Å². The molecular formula is C42H54O3Si4. The predicted molar refractivity (Wildman–Crippen MR) is 222 cm³/mol. The number of rotatable bonds is 4. The van der Waals surface area contributed by atoms with E-state index in [2.05, 4.69) is 146 Å². The molecule has 0 heterocycles. The van der Waals surface area contributed by atoms with E-state index in [4.69, 9.17) is 4.74 Å². The van der Waals surface area contributed by atoms with Gasteiger partial charge < -0.3 is 4.74 Å². The highest BCUT2D eigenvalue weighted by atomic mass is 28.3. The summed E-state index contributed by atoms with van der Waals surface area (Å²) < 4.78 is 6.52. The van der Waals surface area contributed by atoms with Crippen LogP contribution in [0.4, 0.5) is 0 Å². The lowest BCUT2D eigenvalue weighted by Crippen LogP contribution is -2.59. The second-order valence-electron chi connectivity index (χ2n) is 17.8. The van der Waals surface area contributed by atoms with Crippen LogP contribution in [0, 0.1) is 34.8 Å². The minimum Gasteiger partial charge on any atom is -0.488 e. The number of hydrogen-bond donors (Lipinski definition) is 0. The van der Waals surface area contributed by atoms with Crippen molar-refractivity contribution in [2.75, 3.05) is 0 Å². The van der Waals surface area contributed by atoms with E-state index in [-0.39, 0.29) is 17.2 Å². The maximum atomic E-state index is 13.4. The number of ketones is 2. The van der Waals surface area contributed by atoms with Crippen molar-refractivity contribution in [3.63, 3.8) is 0 Å². The quantitative estimate of drug-likeness (QED) is 0.120. The minimum atomic E-state index is -1.80. The van der Waals surface area contributed by atoms with Gasteiger partial charge in [0.1, 0.15) is 27.5 Å². The lowest BCUT2D eigenvalue weighted by molar-refractivity contribution is 0.104. The van der Waals surface area contributed by atoms with Crippen LogP contribution < -0.4 is 15.1 Å². The molecule has 0 N–H and O–H groups in total. The molecule has 49 heavy (non-hydrogen) atoms. The first-order valence-electron chi connectivity index (χ1n) is 17.0. The topological polar surface area (TPSA) is 43.4 Å². The molecule has 256 valence electrons. The molecule has 0 spiro atoms. The van der Waals surface area contributed by atoms with Gasteiger partial charge in [-0.1, -0.05) is 121 Å². The number of carbonyl (C=O) groups is 2. The van der Waals surface area contributed by atoms with E-state index in [1.807, 2.05) is 36.4 Å². The van der Waals surface area contributed by atoms with Gasteiger partial charge in [0.15, 0.2) is 5.78 Å². The normalized spacial score (nSPS) is 12.4. The number of benzene rings is 3. The van der Waals surface area contributed by atoms with Crippen LogP contribution in [0.2, 0.25) is 78.6 Å². The lowest BCUT2D eigenvalue weighted by atomic mass is 10.0. The van der Waals surface area contributed by atoms with E-state index in [0.717, 1.165) is 28.0 Å². The van der Waals surface area contributed by atoms with E-state index in [1.54, 1.807) is 6.07 Å². The van der Waals surface area contributed by atoms with Gasteiger partial charge in [-0.25, -0.2) is 0 Å². The third kappa shape index (κ3) is 10.9. The largest absolute Gasteiger partial charge is 0.488 e. The summed E-state index contributed by atoms with van der Waals surface area (Å²) in [6, 6.07) is 17.5. The zero-order valence-corrected chi connectivity index (χ0v) is 36.4. The molecule has 0 unspecified atom stereocenters. The smallest absolute Gasteiger partial charge is 0.236 e. The fourth-order valence-corrected chi connectivity index (χ4v) is 12.3. The molecule has 0 saturated carbocycles. The fraction of sp³-hybridized carbons (Fsp3) is 0.381. The Labute approximate surface area is 300 Å². The van der Waals surface area contributed by atoms with Crippen molar-refractivity contribution in [3.8, 4) is 51.6 Å². The Balaban J connectivity index is 0.000000272. The summed E-state index contributed by atoms with van der Waals surface area (Å²) in [5.41, 5.74) is 11.2. The first kappa shape index (κ1) is 39.8. The zero-order chi connectivity index (χ0) is 37.2. The molecule has 3 aromatic carbocycles. The highest BCUT2D eigenvalue weighted by Gasteiger charge is 2.40. The molecule has 0 saturated heterocycles. The van der Waals surface area contributed by atoms with Gasteiger partial charge >= 0.3 is 0 Å². The third-order valence-electron chi connectivity index (χ3n) is 7.32. The van der Waals surface area contributed by atoms with Crippen molar-refractivity contribution in [2.24, 2.45) is 0 Å². The van der Waals surface area contributed by atoms with Crippen molar-refractivity contribution >= 4 is 54.2 Å². The maximum absolute atomic E-state index is 13.4. The maximum Gasteiger partial charge on any atom is 0.236 e. The molecule has 0 bridgehead atoms. The van der Waals surface area contributed by atoms with Crippen LogP contribution in [0.5, 0.6) is 5.75 Å². The van der Waals surface area contributed by atoms with Crippen molar-refractivity contribution in [2.45, 2.75) is 105 Å². The lowest BCUT2D eigenvalue weighted by Gasteiger charge is -2.34. The molecular weight excluding hydrogens is 665 g/mol. The Morgan fingerprint density at radius 2 is 1.18 bits per heavy atom. The van der Waals surface area contributed by atoms with Crippen LogP contribution in [0.25, 0.3) is 11.1 Å². The number of hydrogen-bond acceptors (Lipinski definition) is 3. The average Bonchev–Trinajstić information content (AvgIpc) is 3.22. The van der Waals surface area contributed by atoms with Gasteiger partial charge in [0, 0.05) is 22.3 Å². The standard InChI is InChI=1S/C23H32O2Si2.C19H22OSi2/c1-23(2,3)25-18-14-17-15-12-10-11-13-16(15)20(24)19(17)22(27(7,8)9)21(18)26(4,5)6;1-21(2,3)15-10-9-12-17-11-7-8-13-18(17)19(20)14-16-22(4,5)6/h10-14H,1-9H3;7-8,11,13H,1-6H3. The average molecular weight is 719 g/mol. The molecule has 0 aliphatic heterocycles. The molecule has 4 rings (SSSR count). The SMILES string of the molecule is CC(C)(C)Oc1cc2c(c([Si](C)(C)C)c1[Si](C)(C)C)C(=O)c1ccccc1-2.C[Si](C)(C)C#CC#Cc1ccccc1C(=O)C#C[Si](C)(C)C. The van der Waals surface area contributed by atoms with Gasteiger partial charge in [-0.2, -0.15) is 0 Å². The van der Waals surface area contributed by atoms with Crippen molar-refractivity contribution in [1.82, 2.24) is 0 Å². The summed E-state index contributed by atoms with van der Waals surface area (Å²) in [6.45, 7) is 33.3. The summed E-state index contributed by atoms with van der Waals surface area (Å²) in [7, 11) is -6.52. The van der Waals surface area contributed by atoms with E-state index in [1.165, 1.54) is 10.4 Å². The molecule has 3 nitrogen and oxygen atoms in total. The number of ether oxygens (including phenoxy) is 1. The van der Waals surface area contributed by atoms with Crippen LogP contribution in [0.15, 0.2) is 54.6 Å². The van der Waals surface area contributed by atoms with E-state index < -0.39 is 32.3 Å². The highest BCUT2D eigenvalue weighted by molar-refractivity contribution is 6.99. The van der Waals surface area contributed by atoms with Gasteiger partial charge in [-0.3, -0.25) is 9.59 Å². The van der Waals surface area contributed by atoms with E-state index in [0.29, 0.717) is 11.1 Å².